The van der Waals surface area contributed by atoms with Crippen molar-refractivity contribution in [2.75, 3.05) is 13.6 Å². The summed E-state index contributed by atoms with van der Waals surface area (Å²) in [6, 6.07) is 1.38. The number of likely N-dealkylation sites (N-methyl/N-ethyl adjacent to an activating group) is 1. The van der Waals surface area contributed by atoms with E-state index >= 15 is 0 Å². The van der Waals surface area contributed by atoms with E-state index in [-0.39, 0.29) is 5.82 Å². The third-order valence-electron chi connectivity index (χ3n) is 1.40. The van der Waals surface area contributed by atoms with Crippen LogP contribution in [0.25, 0.3) is 0 Å². The lowest BCUT2D eigenvalue weighted by Crippen LogP contribution is -2.15. The third kappa shape index (κ3) is 2.03. The normalized spacial score (nSPS) is 10.1. The number of hydrogen-bond acceptors (Lipinski definition) is 4. The molecule has 66 valence electrons. The van der Waals surface area contributed by atoms with Crippen LogP contribution < -0.4 is 5.32 Å². The van der Waals surface area contributed by atoms with E-state index in [2.05, 4.69) is 10.4 Å². The minimum atomic E-state index is -0.504. The van der Waals surface area contributed by atoms with Gasteiger partial charge in [-0.15, -0.1) is 0 Å². The maximum Gasteiger partial charge on any atom is 0.389 e. The van der Waals surface area contributed by atoms with Crippen molar-refractivity contribution >= 4 is 5.82 Å². The molecule has 0 fully saturated rings. The van der Waals surface area contributed by atoms with Gasteiger partial charge in [-0.2, -0.15) is 4.68 Å². The van der Waals surface area contributed by atoms with Crippen LogP contribution in [0.1, 0.15) is 0 Å². The summed E-state index contributed by atoms with van der Waals surface area (Å²) in [6.45, 7) is 1.39. The highest BCUT2D eigenvalue weighted by Gasteiger charge is 2.09. The third-order valence-corrected chi connectivity index (χ3v) is 1.40. The summed E-state index contributed by atoms with van der Waals surface area (Å²) in [5, 5.41) is 16.9. The summed E-state index contributed by atoms with van der Waals surface area (Å²) in [7, 11) is 1.82. The lowest BCUT2D eigenvalue weighted by Gasteiger charge is -1.93. The van der Waals surface area contributed by atoms with E-state index < -0.39 is 4.92 Å². The van der Waals surface area contributed by atoms with Crippen molar-refractivity contribution in [1.82, 2.24) is 15.1 Å². The molecule has 1 N–H and O–H groups in total. The molecule has 1 aromatic rings. The van der Waals surface area contributed by atoms with Crippen molar-refractivity contribution < 1.29 is 4.92 Å². The molecule has 12 heavy (non-hydrogen) atoms. The van der Waals surface area contributed by atoms with Gasteiger partial charge in [0.25, 0.3) is 0 Å². The number of nitrogens with one attached hydrogen (secondary N) is 1. The van der Waals surface area contributed by atoms with Gasteiger partial charge in [0, 0.05) is 6.54 Å². The summed E-state index contributed by atoms with van der Waals surface area (Å²) < 4.78 is 1.54. The van der Waals surface area contributed by atoms with Gasteiger partial charge in [-0.1, -0.05) is 0 Å². The summed E-state index contributed by atoms with van der Waals surface area (Å²) >= 11 is 0. The second kappa shape index (κ2) is 3.82. The zero-order valence-electron chi connectivity index (χ0n) is 6.73. The van der Waals surface area contributed by atoms with Crippen molar-refractivity contribution in [1.29, 1.82) is 0 Å². The van der Waals surface area contributed by atoms with Crippen molar-refractivity contribution in [3.63, 3.8) is 0 Å². The van der Waals surface area contributed by atoms with Crippen LogP contribution in [0, 0.1) is 10.1 Å². The van der Waals surface area contributed by atoms with Crippen LogP contribution in [0.2, 0.25) is 0 Å². The fourth-order valence-electron chi connectivity index (χ4n) is 0.799. The van der Waals surface area contributed by atoms with Gasteiger partial charge in [-0.25, -0.2) is 0 Å². The Labute approximate surface area is 69.3 Å². The molecule has 0 atom stereocenters. The Morgan fingerprint density at radius 1 is 1.83 bits per heavy atom. The molecule has 0 bridgehead atoms. The Bertz CT molecular complexity index is 270. The standard InChI is InChI=1S/C6H10N4O2/c1-7-3-5-9-4-2-6(8-9)10(11)12/h2,4,7H,3,5H2,1H3. The van der Waals surface area contributed by atoms with E-state index in [1.165, 1.54) is 10.7 Å². The van der Waals surface area contributed by atoms with Crippen molar-refractivity contribution in [3.05, 3.63) is 22.4 Å². The average molecular weight is 170 g/mol. The number of rotatable bonds is 4. The molecule has 0 unspecified atom stereocenters. The summed E-state index contributed by atoms with van der Waals surface area (Å²) in [4.78, 5) is 9.70. The van der Waals surface area contributed by atoms with Gasteiger partial charge in [0.05, 0.1) is 23.9 Å². The highest BCUT2D eigenvalue weighted by molar-refractivity contribution is 5.13. The van der Waals surface area contributed by atoms with Crippen LogP contribution in [-0.2, 0) is 6.54 Å². The fraction of sp³-hybridized carbons (Fsp3) is 0.500. The van der Waals surface area contributed by atoms with Gasteiger partial charge < -0.3 is 15.4 Å². The molecular formula is C6H10N4O2. The lowest BCUT2D eigenvalue weighted by atomic mass is 10.6. The van der Waals surface area contributed by atoms with E-state index in [9.17, 15) is 10.1 Å². The van der Waals surface area contributed by atoms with Crippen molar-refractivity contribution in [2.45, 2.75) is 6.54 Å². The summed E-state index contributed by atoms with van der Waals surface area (Å²) in [6.07, 6.45) is 1.59. The maximum absolute atomic E-state index is 10.2. The molecule has 0 aromatic carbocycles. The number of aromatic nitrogens is 2. The molecule has 6 nitrogen and oxygen atoms in total. The molecule has 1 rings (SSSR count). The average Bonchev–Trinajstić information content (AvgIpc) is 2.48. The van der Waals surface area contributed by atoms with Gasteiger partial charge >= 0.3 is 5.82 Å². The van der Waals surface area contributed by atoms with Crippen LogP contribution >= 0.6 is 0 Å². The summed E-state index contributed by atoms with van der Waals surface area (Å²) in [5.74, 6) is -0.105. The molecule has 0 aliphatic carbocycles. The Balaban J connectivity index is 2.58. The van der Waals surface area contributed by atoms with E-state index in [1.54, 1.807) is 6.20 Å². The summed E-state index contributed by atoms with van der Waals surface area (Å²) in [5.41, 5.74) is 0. The molecule has 0 aliphatic rings. The van der Waals surface area contributed by atoms with Crippen LogP contribution in [0.15, 0.2) is 12.3 Å². The first-order valence-electron chi connectivity index (χ1n) is 3.56. The second-order valence-corrected chi connectivity index (χ2v) is 2.30. The first-order chi connectivity index (χ1) is 5.74. The number of nitro groups is 1. The Hall–Kier alpha value is -1.43. The van der Waals surface area contributed by atoms with Crippen molar-refractivity contribution in [3.8, 4) is 0 Å². The first kappa shape index (κ1) is 8.66. The first-order valence-corrected chi connectivity index (χ1v) is 3.56. The highest BCUT2D eigenvalue weighted by atomic mass is 16.6. The van der Waals surface area contributed by atoms with E-state index in [0.717, 1.165) is 6.54 Å². The maximum atomic E-state index is 10.2. The molecule has 6 heteroatoms. The molecule has 0 saturated heterocycles. The lowest BCUT2D eigenvalue weighted by molar-refractivity contribution is -0.389. The smallest absolute Gasteiger partial charge is 0.358 e. The largest absolute Gasteiger partial charge is 0.389 e. The molecule has 1 aromatic heterocycles. The monoisotopic (exact) mass is 170 g/mol. The number of hydrogen-bond donors (Lipinski definition) is 1. The minimum Gasteiger partial charge on any atom is -0.358 e. The van der Waals surface area contributed by atoms with E-state index in [4.69, 9.17) is 0 Å². The molecule has 0 spiro atoms. The zero-order valence-corrected chi connectivity index (χ0v) is 6.73. The van der Waals surface area contributed by atoms with Crippen LogP contribution in [0.4, 0.5) is 5.82 Å². The SMILES string of the molecule is CNCCn1ccc([N+](=O)[O-])n1. The topological polar surface area (TPSA) is 73.0 Å². The zero-order chi connectivity index (χ0) is 8.97. The molecule has 0 radical (unpaired) electrons. The molecule has 0 saturated carbocycles. The molecule has 1 heterocycles. The highest BCUT2D eigenvalue weighted by Crippen LogP contribution is 2.04. The van der Waals surface area contributed by atoms with Gasteiger partial charge in [0.15, 0.2) is 0 Å². The van der Waals surface area contributed by atoms with E-state index in [0.29, 0.717) is 6.54 Å². The predicted octanol–water partition coefficient (Wildman–Crippen LogP) is 0.0107. The minimum absolute atomic E-state index is 0.105. The second-order valence-electron chi connectivity index (χ2n) is 2.30. The van der Waals surface area contributed by atoms with E-state index in [1.807, 2.05) is 7.05 Å². The van der Waals surface area contributed by atoms with Crippen LogP contribution in [0.5, 0.6) is 0 Å². The number of nitrogens with zero attached hydrogens (tertiary/aromatic N) is 3. The van der Waals surface area contributed by atoms with Crippen LogP contribution in [-0.4, -0.2) is 28.3 Å². The molecular weight excluding hydrogens is 160 g/mol. The van der Waals surface area contributed by atoms with Crippen molar-refractivity contribution in [2.24, 2.45) is 0 Å². The van der Waals surface area contributed by atoms with Gasteiger partial charge in [0.1, 0.15) is 0 Å². The molecule has 0 aliphatic heterocycles. The van der Waals surface area contributed by atoms with Crippen LogP contribution in [0.3, 0.4) is 0 Å². The predicted molar refractivity (Wildman–Crippen MR) is 42.8 cm³/mol. The molecule has 0 amide bonds. The Morgan fingerprint density at radius 2 is 2.58 bits per heavy atom. The fourth-order valence-corrected chi connectivity index (χ4v) is 0.799. The quantitative estimate of drug-likeness (QED) is 0.510. The Kier molecular flexibility index (Phi) is 2.76. The Morgan fingerprint density at radius 3 is 3.08 bits per heavy atom. The van der Waals surface area contributed by atoms with Gasteiger partial charge in [-0.3, -0.25) is 0 Å². The van der Waals surface area contributed by atoms with Gasteiger partial charge in [-0.05, 0) is 12.0 Å². The van der Waals surface area contributed by atoms with Gasteiger partial charge in [0.2, 0.25) is 0 Å².